The second kappa shape index (κ2) is 4.52. The topological polar surface area (TPSA) is 79.0 Å². The lowest BCUT2D eigenvalue weighted by Crippen LogP contribution is -2.51. The van der Waals surface area contributed by atoms with E-state index in [1.165, 1.54) is 21.5 Å². The van der Waals surface area contributed by atoms with Crippen molar-refractivity contribution in [3.8, 4) is 0 Å². The van der Waals surface area contributed by atoms with E-state index in [9.17, 15) is 9.59 Å². The molecule has 0 N–H and O–H groups in total. The van der Waals surface area contributed by atoms with Gasteiger partial charge in [0.25, 0.3) is 5.56 Å². The summed E-state index contributed by atoms with van der Waals surface area (Å²) in [5, 5.41) is 0. The maximum atomic E-state index is 12.4. The summed E-state index contributed by atoms with van der Waals surface area (Å²) in [6, 6.07) is 0. The summed E-state index contributed by atoms with van der Waals surface area (Å²) >= 11 is 0. The minimum Gasteiger partial charge on any atom is -0.380 e. The van der Waals surface area contributed by atoms with Crippen molar-refractivity contribution >= 4 is 11.2 Å². The zero-order valence-corrected chi connectivity index (χ0v) is 11.5. The summed E-state index contributed by atoms with van der Waals surface area (Å²) in [5.74, 6) is 0. The first-order valence-corrected chi connectivity index (χ1v) is 6.56. The fourth-order valence-electron chi connectivity index (χ4n) is 2.49. The molecule has 3 heterocycles. The van der Waals surface area contributed by atoms with Crippen LogP contribution >= 0.6 is 0 Å². The van der Waals surface area contributed by atoms with Gasteiger partial charge < -0.3 is 4.74 Å². The predicted molar refractivity (Wildman–Crippen MR) is 72.6 cm³/mol. The van der Waals surface area contributed by atoms with Gasteiger partial charge in [-0.05, 0) is 6.42 Å². The van der Waals surface area contributed by atoms with Crippen molar-refractivity contribution in [3.63, 3.8) is 0 Å². The van der Waals surface area contributed by atoms with Crippen molar-refractivity contribution in [1.82, 2.24) is 19.1 Å². The molecule has 1 fully saturated rings. The molecule has 0 aliphatic carbocycles. The van der Waals surface area contributed by atoms with Crippen molar-refractivity contribution < 1.29 is 4.74 Å². The number of aromatic nitrogens is 4. The van der Waals surface area contributed by atoms with Crippen molar-refractivity contribution in [1.29, 1.82) is 0 Å². The zero-order chi connectivity index (χ0) is 14.3. The molecule has 0 radical (unpaired) electrons. The van der Waals surface area contributed by atoms with Crippen LogP contribution in [0.1, 0.15) is 13.3 Å². The van der Waals surface area contributed by atoms with E-state index >= 15 is 0 Å². The summed E-state index contributed by atoms with van der Waals surface area (Å²) in [7, 11) is 1.60. The number of rotatable bonds is 3. The molecule has 2 aromatic rings. The summed E-state index contributed by atoms with van der Waals surface area (Å²) in [5.41, 5.74) is -0.319. The molecule has 1 saturated heterocycles. The van der Waals surface area contributed by atoms with E-state index in [-0.39, 0.29) is 22.2 Å². The molecule has 0 unspecified atom stereocenters. The summed E-state index contributed by atoms with van der Waals surface area (Å²) < 4.78 is 7.87. The normalized spacial score (nSPS) is 17.1. The molecule has 1 aliphatic heterocycles. The Hall–Kier alpha value is -2.02. The standard InChI is InChI=1S/C13H16N4O3/c1-3-13(7-20-8-13)6-17-11(18)9-10(15-5-4-14-9)16(2)12(17)19/h4-5H,3,6-8H2,1-2H3. The van der Waals surface area contributed by atoms with Gasteiger partial charge in [0.1, 0.15) is 0 Å². The second-order valence-electron chi connectivity index (χ2n) is 5.31. The first kappa shape index (κ1) is 13.0. The van der Waals surface area contributed by atoms with E-state index in [0.717, 1.165) is 6.42 Å². The monoisotopic (exact) mass is 276 g/mol. The molecule has 20 heavy (non-hydrogen) atoms. The lowest BCUT2D eigenvalue weighted by Gasteiger charge is -2.40. The highest BCUT2D eigenvalue weighted by Crippen LogP contribution is 2.32. The molecule has 3 rings (SSSR count). The summed E-state index contributed by atoms with van der Waals surface area (Å²) in [4.78, 5) is 32.9. The Morgan fingerprint density at radius 1 is 1.30 bits per heavy atom. The maximum absolute atomic E-state index is 12.4. The van der Waals surface area contributed by atoms with E-state index < -0.39 is 0 Å². The van der Waals surface area contributed by atoms with Crippen LogP contribution in [0.4, 0.5) is 0 Å². The van der Waals surface area contributed by atoms with Gasteiger partial charge in [-0.25, -0.2) is 14.8 Å². The summed E-state index contributed by atoms with van der Waals surface area (Å²) in [6.45, 7) is 3.57. The van der Waals surface area contributed by atoms with Crippen molar-refractivity contribution in [2.24, 2.45) is 12.5 Å². The quantitative estimate of drug-likeness (QED) is 0.783. The Balaban J connectivity index is 2.21. The van der Waals surface area contributed by atoms with Crippen LogP contribution < -0.4 is 11.2 Å². The Morgan fingerprint density at radius 3 is 2.60 bits per heavy atom. The van der Waals surface area contributed by atoms with E-state index in [1.54, 1.807) is 7.05 Å². The maximum Gasteiger partial charge on any atom is 0.332 e. The number of ether oxygens (including phenoxy) is 1. The highest BCUT2D eigenvalue weighted by molar-refractivity contribution is 5.67. The zero-order valence-electron chi connectivity index (χ0n) is 11.5. The highest BCUT2D eigenvalue weighted by Gasteiger charge is 2.38. The van der Waals surface area contributed by atoms with E-state index in [2.05, 4.69) is 9.97 Å². The number of aryl methyl sites for hydroxylation is 1. The van der Waals surface area contributed by atoms with Crippen LogP contribution in [-0.2, 0) is 18.3 Å². The second-order valence-corrected chi connectivity index (χ2v) is 5.31. The van der Waals surface area contributed by atoms with Gasteiger partial charge in [0.15, 0.2) is 11.2 Å². The predicted octanol–water partition coefficient (Wildman–Crippen LogP) is -0.0832. The van der Waals surface area contributed by atoms with Crippen LogP contribution in [0.2, 0.25) is 0 Å². The third-order valence-electron chi connectivity index (χ3n) is 4.02. The van der Waals surface area contributed by atoms with Gasteiger partial charge in [-0.3, -0.25) is 13.9 Å². The van der Waals surface area contributed by atoms with Gasteiger partial charge in [0.2, 0.25) is 0 Å². The van der Waals surface area contributed by atoms with Crippen LogP contribution in [0.15, 0.2) is 22.0 Å². The Bertz CT molecular complexity index is 768. The van der Waals surface area contributed by atoms with E-state index in [4.69, 9.17) is 4.74 Å². The molecular weight excluding hydrogens is 260 g/mol. The Kier molecular flexibility index (Phi) is 2.93. The molecule has 0 saturated carbocycles. The average Bonchev–Trinajstić information content (AvgIpc) is 2.44. The largest absolute Gasteiger partial charge is 0.380 e. The molecule has 0 amide bonds. The lowest BCUT2D eigenvalue weighted by molar-refractivity contribution is -0.124. The molecule has 0 aromatic carbocycles. The molecule has 106 valence electrons. The van der Waals surface area contributed by atoms with Gasteiger partial charge in [-0.2, -0.15) is 0 Å². The first-order valence-electron chi connectivity index (χ1n) is 6.56. The SMILES string of the molecule is CCC1(Cn2c(=O)c3nccnc3n(C)c2=O)COC1. The molecular formula is C13H16N4O3. The van der Waals surface area contributed by atoms with E-state index in [1.807, 2.05) is 6.92 Å². The molecule has 0 bridgehead atoms. The molecule has 7 heteroatoms. The van der Waals surface area contributed by atoms with Crippen molar-refractivity contribution in [2.75, 3.05) is 13.2 Å². The van der Waals surface area contributed by atoms with E-state index in [0.29, 0.717) is 25.4 Å². The van der Waals surface area contributed by atoms with Crippen LogP contribution in [0.5, 0.6) is 0 Å². The van der Waals surface area contributed by atoms with Gasteiger partial charge in [0.05, 0.1) is 13.2 Å². The van der Waals surface area contributed by atoms with Gasteiger partial charge in [-0.1, -0.05) is 6.92 Å². The number of hydrogen-bond donors (Lipinski definition) is 0. The molecule has 0 spiro atoms. The van der Waals surface area contributed by atoms with Crippen LogP contribution in [-0.4, -0.2) is 32.3 Å². The van der Waals surface area contributed by atoms with Gasteiger partial charge in [-0.15, -0.1) is 0 Å². The van der Waals surface area contributed by atoms with Crippen molar-refractivity contribution in [2.45, 2.75) is 19.9 Å². The Morgan fingerprint density at radius 2 is 2.00 bits per heavy atom. The molecule has 1 aliphatic rings. The molecule has 0 atom stereocenters. The first-order chi connectivity index (χ1) is 9.58. The number of fused-ring (bicyclic) bond motifs is 1. The van der Waals surface area contributed by atoms with Crippen molar-refractivity contribution in [3.05, 3.63) is 33.2 Å². The number of hydrogen-bond acceptors (Lipinski definition) is 5. The van der Waals surface area contributed by atoms with Crippen LogP contribution in [0.3, 0.4) is 0 Å². The van der Waals surface area contributed by atoms with Gasteiger partial charge >= 0.3 is 5.69 Å². The smallest absolute Gasteiger partial charge is 0.332 e. The molecule has 7 nitrogen and oxygen atoms in total. The number of nitrogens with zero attached hydrogens (tertiary/aromatic N) is 4. The van der Waals surface area contributed by atoms with Crippen LogP contribution in [0.25, 0.3) is 11.2 Å². The third kappa shape index (κ3) is 1.77. The van der Waals surface area contributed by atoms with Crippen LogP contribution in [0, 0.1) is 5.41 Å². The highest BCUT2D eigenvalue weighted by atomic mass is 16.5. The van der Waals surface area contributed by atoms with Gasteiger partial charge in [0, 0.05) is 31.4 Å². The fraction of sp³-hybridized carbons (Fsp3) is 0.538. The minimum atomic E-state index is -0.379. The third-order valence-corrected chi connectivity index (χ3v) is 4.02. The summed E-state index contributed by atoms with van der Waals surface area (Å²) in [6.07, 6.45) is 3.79. The average molecular weight is 276 g/mol. The lowest BCUT2D eigenvalue weighted by atomic mass is 9.83. The molecule has 2 aromatic heterocycles. The fourth-order valence-corrected chi connectivity index (χ4v) is 2.49. The minimum absolute atomic E-state index is 0.119. The Labute approximate surface area is 114 Å².